The van der Waals surface area contributed by atoms with Crippen molar-refractivity contribution in [3.63, 3.8) is 0 Å². The smallest absolute Gasteiger partial charge is 0.338 e. The van der Waals surface area contributed by atoms with E-state index in [1.54, 1.807) is 26.0 Å². The summed E-state index contributed by atoms with van der Waals surface area (Å²) in [5.74, 6) is -0.698. The third-order valence-corrected chi connectivity index (χ3v) is 15.8. The lowest BCUT2D eigenvalue weighted by Gasteiger charge is -2.17. The van der Waals surface area contributed by atoms with Gasteiger partial charge in [-0.25, -0.2) is 24.8 Å². The normalized spacial score (nSPS) is 11.7. The van der Waals surface area contributed by atoms with Crippen molar-refractivity contribution in [3.05, 3.63) is 254 Å². The molecule has 9 rings (SSSR count). The van der Waals surface area contributed by atoms with Crippen LogP contribution in [0.4, 0.5) is 0 Å². The van der Waals surface area contributed by atoms with Gasteiger partial charge in [-0.2, -0.15) is 0 Å². The highest BCUT2D eigenvalue weighted by molar-refractivity contribution is 8.14. The molecule has 0 aliphatic rings. The minimum absolute atomic E-state index is 0. The molecule has 1 N–H and O–H groups in total. The Morgan fingerprint density at radius 3 is 1.36 bits per heavy atom. The molecule has 0 amide bonds. The van der Waals surface area contributed by atoms with E-state index in [1.807, 2.05) is 188 Å². The number of rotatable bonds is 19. The second-order valence-electron chi connectivity index (χ2n) is 18.3. The zero-order valence-corrected chi connectivity index (χ0v) is 50.5. The minimum Gasteiger partial charge on any atom is -0.465 e. The Morgan fingerprint density at radius 1 is 0.518 bits per heavy atom. The summed E-state index contributed by atoms with van der Waals surface area (Å²) < 4.78 is 14.0. The van der Waals surface area contributed by atoms with Gasteiger partial charge in [-0.05, 0) is 132 Å². The van der Waals surface area contributed by atoms with Crippen molar-refractivity contribution in [2.75, 3.05) is 14.2 Å². The van der Waals surface area contributed by atoms with E-state index in [-0.39, 0.29) is 45.1 Å². The molecule has 0 unspecified atom stereocenters. The number of nitrogens with zero attached hydrogens (tertiary/aromatic N) is 2. The Morgan fingerprint density at radius 2 is 0.940 bits per heavy atom. The van der Waals surface area contributed by atoms with Gasteiger partial charge in [0.1, 0.15) is 0 Å². The topological polar surface area (TPSA) is 151 Å². The highest BCUT2D eigenvalue weighted by Gasteiger charge is 2.20. The fraction of sp³-hybridized carbons (Fsp3) is 0.152. The summed E-state index contributed by atoms with van der Waals surface area (Å²) in [6.45, 7) is 3.17. The first-order chi connectivity index (χ1) is 39.8. The molecule has 0 saturated heterocycles. The number of methoxy groups -OCH3 is 2. The zero-order valence-electron chi connectivity index (χ0n) is 45.7. The molecule has 0 spiro atoms. The molecule has 0 fully saturated rings. The lowest BCUT2D eigenvalue weighted by molar-refractivity contribution is -0.432. The number of carbonyl (C=O) groups excluding carboxylic acids is 4. The van der Waals surface area contributed by atoms with Crippen LogP contribution in [0, 0.1) is 0 Å². The van der Waals surface area contributed by atoms with Crippen LogP contribution in [-0.4, -0.2) is 51.6 Å². The van der Waals surface area contributed by atoms with Gasteiger partial charge in [0.15, 0.2) is 10.2 Å². The number of aryl methyl sites for hydroxylation is 2. The van der Waals surface area contributed by atoms with E-state index >= 15 is 0 Å². The van der Waals surface area contributed by atoms with E-state index in [1.165, 1.54) is 37.7 Å². The van der Waals surface area contributed by atoms with Crippen molar-refractivity contribution in [1.82, 2.24) is 9.97 Å². The van der Waals surface area contributed by atoms with E-state index in [4.69, 9.17) is 37.9 Å². The van der Waals surface area contributed by atoms with Crippen molar-refractivity contribution >= 4 is 139 Å². The number of carbonyl (C=O) groups is 4. The maximum absolute atomic E-state index is 12.1. The Balaban J connectivity index is 0.000000226. The van der Waals surface area contributed by atoms with Gasteiger partial charge >= 0.3 is 11.9 Å². The van der Waals surface area contributed by atoms with Gasteiger partial charge in [0.05, 0.1) is 59.8 Å². The fourth-order valence-corrected chi connectivity index (χ4v) is 11.2. The van der Waals surface area contributed by atoms with E-state index < -0.39 is 0 Å². The molecular weight excluding hydrogens is 1170 g/mol. The maximum Gasteiger partial charge on any atom is 0.338 e. The van der Waals surface area contributed by atoms with Crippen molar-refractivity contribution in [3.8, 4) is 0 Å². The van der Waals surface area contributed by atoms with Crippen LogP contribution >= 0.6 is 71.2 Å². The van der Waals surface area contributed by atoms with Crippen molar-refractivity contribution in [1.29, 1.82) is 0 Å². The largest absolute Gasteiger partial charge is 0.465 e. The number of esters is 2. The predicted octanol–water partition coefficient (Wildman–Crippen LogP) is 18.1. The van der Waals surface area contributed by atoms with Gasteiger partial charge in [-0.15, -0.1) is 16.7 Å². The average Bonchev–Trinajstić information content (AvgIpc) is 3.50. The van der Waals surface area contributed by atoms with Gasteiger partial charge in [0, 0.05) is 50.1 Å². The summed E-state index contributed by atoms with van der Waals surface area (Å²) in [7, 11) is 2.77. The van der Waals surface area contributed by atoms with Crippen molar-refractivity contribution < 1.29 is 43.3 Å². The number of hydrogen-bond acceptors (Lipinski definition) is 14. The first kappa shape index (κ1) is 65.1. The van der Waals surface area contributed by atoms with Crippen LogP contribution in [0.1, 0.15) is 103 Å². The fourth-order valence-electron chi connectivity index (χ4n) is 8.67. The predicted molar refractivity (Wildman–Crippen MR) is 343 cm³/mol. The highest BCUT2D eigenvalue weighted by atomic mass is 35.5. The zero-order chi connectivity index (χ0) is 58.2. The highest BCUT2D eigenvalue weighted by Crippen LogP contribution is 2.37. The standard InChI is InChI=1S/2C30H26ClNO3S.C6H6O3S.ClH/c2*1-20(33)36-29(17-13-22-7-3-4-9-27(22)30(34)35-2)24-8-5-6-21(18-24)10-15-26-16-12-23-11-14-25(31)19-28(23)32-26;7-8-9-10-6-4-2-1-3-5-6;/h2*3-12,14-16,18-19,29H,13,17H2,1-2H3;1-5,7H;1H/b2*15-10+;;/t2*29-;;/m11../s1. The molecular formula is C66H59Cl3N2O9S3. The van der Waals surface area contributed by atoms with Crippen LogP contribution in [0.25, 0.3) is 46.1 Å². The molecule has 0 aliphatic heterocycles. The summed E-state index contributed by atoms with van der Waals surface area (Å²) in [5, 5.41) is 14.6. The van der Waals surface area contributed by atoms with Gasteiger partial charge in [-0.1, -0.05) is 191 Å². The molecule has 2 aromatic heterocycles. The number of pyridine rings is 2. The van der Waals surface area contributed by atoms with Gasteiger partial charge < -0.3 is 9.47 Å². The monoisotopic (exact) mass is 1220 g/mol. The second kappa shape index (κ2) is 33.9. The van der Waals surface area contributed by atoms with Crippen LogP contribution < -0.4 is 0 Å². The lowest BCUT2D eigenvalue weighted by Crippen LogP contribution is -2.07. The Labute approximate surface area is 512 Å². The maximum atomic E-state index is 12.1. The summed E-state index contributed by atoms with van der Waals surface area (Å²) >= 11 is 15.8. The number of aromatic nitrogens is 2. The molecule has 0 bridgehead atoms. The van der Waals surface area contributed by atoms with Crippen LogP contribution in [0.2, 0.25) is 10.0 Å². The third kappa shape index (κ3) is 20.6. The summed E-state index contributed by atoms with van der Waals surface area (Å²) in [4.78, 5) is 58.6. The Bertz CT molecular complexity index is 3480. The van der Waals surface area contributed by atoms with E-state index in [9.17, 15) is 19.2 Å². The minimum atomic E-state index is -0.349. The molecule has 2 heterocycles. The first-order valence-electron chi connectivity index (χ1n) is 25.8. The summed E-state index contributed by atoms with van der Waals surface area (Å²) in [6.07, 6.45) is 10.7. The molecule has 11 nitrogen and oxygen atoms in total. The lowest BCUT2D eigenvalue weighted by atomic mass is 9.98. The summed E-state index contributed by atoms with van der Waals surface area (Å²) in [6, 6.07) is 59.9. The van der Waals surface area contributed by atoms with Gasteiger partial charge in [-0.3, -0.25) is 9.59 Å². The number of thioether (sulfide) groups is 2. The molecule has 9 aromatic rings. The number of halogens is 3. The number of fused-ring (bicyclic) bond motifs is 2. The molecule has 426 valence electrons. The Kier molecular flexibility index (Phi) is 26.6. The van der Waals surface area contributed by atoms with Gasteiger partial charge in [0.25, 0.3) is 0 Å². The molecule has 7 aromatic carbocycles. The molecule has 17 heteroatoms. The van der Waals surface area contributed by atoms with Crippen LogP contribution in [0.3, 0.4) is 0 Å². The van der Waals surface area contributed by atoms with Crippen molar-refractivity contribution in [2.45, 2.75) is 54.9 Å². The molecule has 2 atom stereocenters. The van der Waals surface area contributed by atoms with Crippen LogP contribution in [0.5, 0.6) is 0 Å². The Hall–Kier alpha value is -7.08. The second-order valence-corrected chi connectivity index (χ2v) is 22.7. The number of benzene rings is 7. The first-order valence-corrected chi connectivity index (χ1v) is 29.1. The molecule has 0 radical (unpaired) electrons. The number of hydrogen-bond donors (Lipinski definition) is 1. The third-order valence-electron chi connectivity index (χ3n) is 12.5. The quantitative estimate of drug-likeness (QED) is 0.0354. The molecule has 0 saturated carbocycles. The van der Waals surface area contributed by atoms with Crippen LogP contribution in [-0.2, 0) is 41.3 Å². The molecule has 0 aliphatic carbocycles. The van der Waals surface area contributed by atoms with Crippen molar-refractivity contribution in [2.24, 2.45) is 0 Å². The number of ether oxygens (including phenoxy) is 2. The van der Waals surface area contributed by atoms with E-state index in [0.717, 1.165) is 83.5 Å². The average molecular weight is 1230 g/mol. The van der Waals surface area contributed by atoms with E-state index in [0.29, 0.717) is 46.9 Å². The van der Waals surface area contributed by atoms with E-state index in [2.05, 4.69) is 31.5 Å². The van der Waals surface area contributed by atoms with Gasteiger partial charge in [0.2, 0.25) is 0 Å². The molecule has 83 heavy (non-hydrogen) atoms. The van der Waals surface area contributed by atoms with Crippen LogP contribution in [0.15, 0.2) is 193 Å². The summed E-state index contributed by atoms with van der Waals surface area (Å²) in [5.41, 5.74) is 10.5. The SMILES string of the molecule is COC(=O)c1ccccc1CC[C@@H](SC(C)=O)c1cccc(/C=C/c2ccc3ccc(Cl)cc3n2)c1.COC(=O)c1ccccc1CC[C@@H](SC(C)=O)c1cccc(/C=C/c2ccc3ccc(Cl)cc3n2)c1.Cl.OOOSc1ccccc1.